The highest BCUT2D eigenvalue weighted by Crippen LogP contribution is 2.33. The first-order valence-electron chi connectivity index (χ1n) is 10.3. The number of morpholine rings is 1. The van der Waals surface area contributed by atoms with Crippen LogP contribution in [0.3, 0.4) is 0 Å². The molecule has 1 aliphatic rings. The van der Waals surface area contributed by atoms with Crippen LogP contribution < -0.4 is 5.32 Å². The molecule has 0 unspecified atom stereocenters. The first-order chi connectivity index (χ1) is 15.8. The number of benzene rings is 1. The molecule has 1 amide bonds. The van der Waals surface area contributed by atoms with E-state index in [1.807, 2.05) is 0 Å². The molecule has 1 aliphatic heterocycles. The van der Waals surface area contributed by atoms with Gasteiger partial charge in [-0.2, -0.15) is 0 Å². The number of aromatic nitrogens is 2. The van der Waals surface area contributed by atoms with Gasteiger partial charge in [0.05, 0.1) is 43.3 Å². The Morgan fingerprint density at radius 2 is 2.12 bits per heavy atom. The third kappa shape index (κ3) is 4.65. The summed E-state index contributed by atoms with van der Waals surface area (Å²) in [7, 11) is 2.78. The number of amides is 1. The lowest BCUT2D eigenvalue weighted by Gasteiger charge is -2.32. The zero-order valence-electron chi connectivity index (χ0n) is 18.0. The van der Waals surface area contributed by atoms with Crippen molar-refractivity contribution in [2.45, 2.75) is 18.8 Å². The second kappa shape index (κ2) is 9.60. The van der Waals surface area contributed by atoms with E-state index in [1.54, 1.807) is 22.7 Å². The Hall–Kier alpha value is -2.79. The highest BCUT2D eigenvalue weighted by atomic mass is 35.5. The van der Waals surface area contributed by atoms with Crippen LogP contribution in [0.25, 0.3) is 16.9 Å². The SMILES string of the molecule is CN[C@H](O)c1cc(F)c(-c2nc3cc(Cl)ccn3c2C[C@H]2CN(C(=O)OC)CCO2)c(F)c1. The zero-order valence-corrected chi connectivity index (χ0v) is 18.8. The van der Waals surface area contributed by atoms with Gasteiger partial charge in [-0.05, 0) is 25.2 Å². The van der Waals surface area contributed by atoms with Crippen molar-refractivity contribution in [3.05, 3.63) is 58.4 Å². The maximum absolute atomic E-state index is 15.1. The third-order valence-corrected chi connectivity index (χ3v) is 5.81. The van der Waals surface area contributed by atoms with Crippen LogP contribution in [0.1, 0.15) is 17.5 Å². The van der Waals surface area contributed by atoms with Gasteiger partial charge in [0.2, 0.25) is 0 Å². The van der Waals surface area contributed by atoms with Crippen molar-refractivity contribution in [1.82, 2.24) is 19.6 Å². The second-order valence-electron chi connectivity index (χ2n) is 7.64. The molecular weight excluding hydrogens is 458 g/mol. The summed E-state index contributed by atoms with van der Waals surface area (Å²) in [5.41, 5.74) is 0.729. The van der Waals surface area contributed by atoms with E-state index in [2.05, 4.69) is 10.3 Å². The zero-order chi connectivity index (χ0) is 23.7. The Morgan fingerprint density at radius 3 is 2.79 bits per heavy atom. The molecule has 0 radical (unpaired) electrons. The van der Waals surface area contributed by atoms with Gasteiger partial charge in [-0.1, -0.05) is 11.6 Å². The highest BCUT2D eigenvalue weighted by Gasteiger charge is 2.29. The number of methoxy groups -OCH3 is 1. The lowest BCUT2D eigenvalue weighted by atomic mass is 10.0. The van der Waals surface area contributed by atoms with Crippen molar-refractivity contribution in [3.63, 3.8) is 0 Å². The minimum atomic E-state index is -1.22. The number of nitrogens with one attached hydrogen (secondary N) is 1. The summed E-state index contributed by atoms with van der Waals surface area (Å²) in [5, 5.41) is 12.9. The van der Waals surface area contributed by atoms with Gasteiger partial charge < -0.3 is 23.9 Å². The van der Waals surface area contributed by atoms with Crippen molar-refractivity contribution >= 4 is 23.3 Å². The molecule has 1 saturated heterocycles. The number of hydrogen-bond donors (Lipinski definition) is 2. The number of aliphatic hydroxyl groups excluding tert-OH is 1. The molecule has 8 nitrogen and oxygen atoms in total. The largest absolute Gasteiger partial charge is 0.453 e. The van der Waals surface area contributed by atoms with E-state index in [9.17, 15) is 9.90 Å². The van der Waals surface area contributed by atoms with Crippen molar-refractivity contribution in [2.24, 2.45) is 0 Å². The lowest BCUT2D eigenvalue weighted by Crippen LogP contribution is -2.46. The molecular formula is C22H23ClF2N4O4. The van der Waals surface area contributed by atoms with Gasteiger partial charge in [0.15, 0.2) is 0 Å². The van der Waals surface area contributed by atoms with E-state index in [0.717, 1.165) is 12.1 Å². The van der Waals surface area contributed by atoms with Gasteiger partial charge in [0, 0.05) is 35.8 Å². The third-order valence-electron chi connectivity index (χ3n) is 5.57. The van der Waals surface area contributed by atoms with Crippen LogP contribution in [0.5, 0.6) is 0 Å². The van der Waals surface area contributed by atoms with Crippen molar-refractivity contribution < 1.29 is 28.2 Å². The predicted octanol–water partition coefficient (Wildman–Crippen LogP) is 3.15. The van der Waals surface area contributed by atoms with Crippen LogP contribution >= 0.6 is 11.6 Å². The molecule has 3 aromatic rings. The molecule has 1 aromatic carbocycles. The number of rotatable bonds is 5. The van der Waals surface area contributed by atoms with Gasteiger partial charge in [-0.25, -0.2) is 18.6 Å². The molecule has 0 aliphatic carbocycles. The van der Waals surface area contributed by atoms with Gasteiger partial charge in [0.1, 0.15) is 23.5 Å². The first-order valence-corrected chi connectivity index (χ1v) is 10.7. The fourth-order valence-electron chi connectivity index (χ4n) is 3.96. The summed E-state index contributed by atoms with van der Waals surface area (Å²) in [6.07, 6.45) is -0.236. The first kappa shape index (κ1) is 23.4. The average Bonchev–Trinajstić information content (AvgIpc) is 3.14. The molecule has 4 rings (SSSR count). The van der Waals surface area contributed by atoms with Crippen LogP contribution in [0.15, 0.2) is 30.5 Å². The highest BCUT2D eigenvalue weighted by molar-refractivity contribution is 6.30. The topological polar surface area (TPSA) is 88.3 Å². The van der Waals surface area contributed by atoms with Crippen LogP contribution in [-0.4, -0.2) is 65.4 Å². The van der Waals surface area contributed by atoms with Crippen molar-refractivity contribution in [3.8, 4) is 11.3 Å². The number of hydrogen-bond acceptors (Lipinski definition) is 6. The summed E-state index contributed by atoms with van der Waals surface area (Å²) in [4.78, 5) is 17.9. The Bertz CT molecular complexity index is 1170. The van der Waals surface area contributed by atoms with Crippen LogP contribution in [0.4, 0.5) is 13.6 Å². The van der Waals surface area contributed by atoms with Crippen LogP contribution in [-0.2, 0) is 15.9 Å². The number of fused-ring (bicyclic) bond motifs is 1. The van der Waals surface area contributed by atoms with Crippen molar-refractivity contribution in [1.29, 1.82) is 0 Å². The summed E-state index contributed by atoms with van der Waals surface area (Å²) >= 11 is 6.10. The summed E-state index contributed by atoms with van der Waals surface area (Å²) in [5.74, 6) is -1.73. The fourth-order valence-corrected chi connectivity index (χ4v) is 4.12. The molecule has 11 heteroatoms. The predicted molar refractivity (Wildman–Crippen MR) is 117 cm³/mol. The number of carbonyl (C=O) groups excluding carboxylic acids is 1. The number of aliphatic hydroxyl groups is 1. The minimum Gasteiger partial charge on any atom is -0.453 e. The molecule has 0 saturated carbocycles. The molecule has 0 spiro atoms. The van der Waals surface area contributed by atoms with E-state index in [1.165, 1.54) is 19.1 Å². The Labute approximate surface area is 193 Å². The maximum Gasteiger partial charge on any atom is 0.409 e. The number of nitrogens with zero attached hydrogens (tertiary/aromatic N) is 3. The van der Waals surface area contributed by atoms with E-state index in [4.69, 9.17) is 21.1 Å². The van der Waals surface area contributed by atoms with Gasteiger partial charge in [-0.15, -0.1) is 0 Å². The molecule has 0 bridgehead atoms. The van der Waals surface area contributed by atoms with E-state index >= 15 is 8.78 Å². The fraction of sp³-hybridized carbons (Fsp3) is 0.364. The summed E-state index contributed by atoms with van der Waals surface area (Å²) < 4.78 is 42.5. The van der Waals surface area contributed by atoms with Crippen LogP contribution in [0.2, 0.25) is 5.02 Å². The van der Waals surface area contributed by atoms with Gasteiger partial charge in [-0.3, -0.25) is 5.32 Å². The normalized spacial score (nSPS) is 17.4. The summed E-state index contributed by atoms with van der Waals surface area (Å²) in [6, 6.07) is 5.37. The Balaban J connectivity index is 1.78. The van der Waals surface area contributed by atoms with Crippen molar-refractivity contribution in [2.75, 3.05) is 33.9 Å². The van der Waals surface area contributed by atoms with E-state index in [-0.39, 0.29) is 29.8 Å². The number of carbonyl (C=O) groups is 1. The van der Waals surface area contributed by atoms with Gasteiger partial charge in [0.25, 0.3) is 0 Å². The maximum atomic E-state index is 15.1. The molecule has 176 valence electrons. The minimum absolute atomic E-state index is 0.0499. The summed E-state index contributed by atoms with van der Waals surface area (Å²) in [6.45, 7) is 0.944. The lowest BCUT2D eigenvalue weighted by molar-refractivity contribution is -0.0241. The molecule has 2 aromatic heterocycles. The number of ether oxygens (including phenoxy) is 2. The quantitative estimate of drug-likeness (QED) is 0.545. The Kier molecular flexibility index (Phi) is 6.80. The average molecular weight is 481 g/mol. The molecule has 33 heavy (non-hydrogen) atoms. The second-order valence-corrected chi connectivity index (χ2v) is 8.08. The number of halogens is 3. The molecule has 2 atom stereocenters. The number of imidazole rings is 1. The molecule has 1 fully saturated rings. The standard InChI is InChI=1S/C22H23ClF2N4O4/c1-26-21(30)12-7-15(24)19(16(25)8-12)20-17(29-4-3-13(23)9-18(29)27-20)10-14-11-28(5-6-33-14)22(31)32-2/h3-4,7-9,14,21,26,30H,5-6,10-11H2,1-2H3/t14-,21+/m0/s1. The number of pyridine rings is 1. The van der Waals surface area contributed by atoms with Gasteiger partial charge >= 0.3 is 6.09 Å². The monoisotopic (exact) mass is 480 g/mol. The van der Waals surface area contributed by atoms with Crippen LogP contribution in [0, 0.1) is 11.6 Å². The smallest absolute Gasteiger partial charge is 0.409 e. The molecule has 3 heterocycles. The van der Waals surface area contributed by atoms with E-state index < -0.39 is 30.1 Å². The Morgan fingerprint density at radius 1 is 1.39 bits per heavy atom. The molecule has 2 N–H and O–H groups in total. The van der Waals surface area contributed by atoms with E-state index in [0.29, 0.717) is 29.5 Å².